The summed E-state index contributed by atoms with van der Waals surface area (Å²) in [6.45, 7) is 6.96. The SMILES string of the molecule is CCNC(=NCCCC(=O)Nc1ccc(Cl)cc1)NCCN(C)CCCOC.I. The van der Waals surface area contributed by atoms with Crippen molar-refractivity contribution >= 4 is 53.1 Å². The van der Waals surface area contributed by atoms with Crippen LogP contribution in [-0.4, -0.2) is 70.3 Å². The van der Waals surface area contributed by atoms with Gasteiger partial charge in [-0.05, 0) is 51.1 Å². The Hall–Kier alpha value is -1.10. The van der Waals surface area contributed by atoms with Crippen molar-refractivity contribution in [3.8, 4) is 0 Å². The number of carbonyl (C=O) groups excluding carboxylic acids is 1. The number of nitrogens with one attached hydrogen (secondary N) is 3. The van der Waals surface area contributed by atoms with Crippen LogP contribution in [0.2, 0.25) is 5.02 Å². The minimum absolute atomic E-state index is 0. The molecule has 7 nitrogen and oxygen atoms in total. The lowest BCUT2D eigenvalue weighted by Crippen LogP contribution is -2.41. The molecule has 9 heteroatoms. The molecule has 0 unspecified atom stereocenters. The molecule has 29 heavy (non-hydrogen) atoms. The molecule has 0 aliphatic heterocycles. The number of aliphatic imine (C=N–C) groups is 1. The first-order valence-electron chi connectivity index (χ1n) is 9.80. The summed E-state index contributed by atoms with van der Waals surface area (Å²) in [5, 5.41) is 10.1. The van der Waals surface area contributed by atoms with Gasteiger partial charge >= 0.3 is 0 Å². The van der Waals surface area contributed by atoms with Gasteiger partial charge in [-0.2, -0.15) is 0 Å². The van der Waals surface area contributed by atoms with Crippen molar-refractivity contribution in [2.24, 2.45) is 4.99 Å². The van der Waals surface area contributed by atoms with Gasteiger partial charge in [-0.1, -0.05) is 11.6 Å². The Kier molecular flexibility index (Phi) is 17.1. The Balaban J connectivity index is 0.00000784. The van der Waals surface area contributed by atoms with Gasteiger partial charge < -0.3 is 25.6 Å². The number of ether oxygens (including phenoxy) is 1. The Morgan fingerprint density at radius 2 is 1.90 bits per heavy atom. The molecule has 0 radical (unpaired) electrons. The van der Waals surface area contributed by atoms with Gasteiger partial charge in [-0.25, -0.2) is 0 Å². The number of amides is 1. The lowest BCUT2D eigenvalue weighted by molar-refractivity contribution is -0.116. The summed E-state index contributed by atoms with van der Waals surface area (Å²) in [5.41, 5.74) is 0.752. The summed E-state index contributed by atoms with van der Waals surface area (Å²) in [6.07, 6.45) is 2.14. The van der Waals surface area contributed by atoms with E-state index in [1.54, 1.807) is 31.4 Å². The molecule has 0 aliphatic carbocycles. The highest BCUT2D eigenvalue weighted by molar-refractivity contribution is 14.0. The molecule has 0 bridgehead atoms. The second-order valence-electron chi connectivity index (χ2n) is 6.50. The minimum atomic E-state index is -0.0202. The third-order valence-electron chi connectivity index (χ3n) is 3.98. The fraction of sp³-hybridized carbons (Fsp3) is 0.600. The standard InChI is InChI=1S/C20H34ClN5O2.HI/c1-4-22-20(24-13-15-26(2)14-6-16-28-3)23-12-5-7-19(27)25-18-10-8-17(21)9-11-18;/h8-11H,4-7,12-16H2,1-3H3,(H,25,27)(H2,22,23,24);1H. The van der Waals surface area contributed by atoms with Crippen LogP contribution in [0.4, 0.5) is 5.69 Å². The number of rotatable bonds is 13. The first-order valence-corrected chi connectivity index (χ1v) is 10.2. The van der Waals surface area contributed by atoms with Crippen LogP contribution in [0.3, 0.4) is 0 Å². The highest BCUT2D eigenvalue weighted by Crippen LogP contribution is 2.13. The number of methoxy groups -OCH3 is 1. The number of hydrogen-bond acceptors (Lipinski definition) is 4. The van der Waals surface area contributed by atoms with E-state index in [2.05, 4.69) is 32.9 Å². The first-order chi connectivity index (χ1) is 13.5. The van der Waals surface area contributed by atoms with Crippen LogP contribution in [0, 0.1) is 0 Å². The van der Waals surface area contributed by atoms with Crippen LogP contribution in [0.5, 0.6) is 0 Å². The number of likely N-dealkylation sites (N-methyl/N-ethyl adjacent to an activating group) is 1. The molecule has 0 aliphatic rings. The molecule has 0 saturated carbocycles. The summed E-state index contributed by atoms with van der Waals surface area (Å²) in [4.78, 5) is 18.8. The Bertz CT molecular complexity index is 587. The summed E-state index contributed by atoms with van der Waals surface area (Å²) in [5.74, 6) is 0.763. The fourth-order valence-electron chi connectivity index (χ4n) is 2.48. The highest BCUT2D eigenvalue weighted by atomic mass is 127. The normalized spacial score (nSPS) is 11.1. The quantitative estimate of drug-likeness (QED) is 0.155. The van der Waals surface area contributed by atoms with Crippen LogP contribution in [0.15, 0.2) is 29.3 Å². The maximum absolute atomic E-state index is 12.0. The van der Waals surface area contributed by atoms with Gasteiger partial charge in [0.1, 0.15) is 0 Å². The van der Waals surface area contributed by atoms with Gasteiger partial charge in [0.2, 0.25) is 5.91 Å². The van der Waals surface area contributed by atoms with E-state index in [0.29, 0.717) is 24.4 Å². The summed E-state index contributed by atoms with van der Waals surface area (Å²) in [6, 6.07) is 7.09. The van der Waals surface area contributed by atoms with Crippen molar-refractivity contribution in [2.75, 3.05) is 58.8 Å². The van der Waals surface area contributed by atoms with Gasteiger partial charge in [0.05, 0.1) is 0 Å². The van der Waals surface area contributed by atoms with Crippen molar-refractivity contribution in [1.82, 2.24) is 15.5 Å². The molecule has 0 fully saturated rings. The maximum atomic E-state index is 12.0. The number of guanidine groups is 1. The topological polar surface area (TPSA) is 78.0 Å². The molecular weight excluding hydrogens is 505 g/mol. The van der Waals surface area contributed by atoms with E-state index in [0.717, 1.165) is 50.9 Å². The number of nitrogens with zero attached hydrogens (tertiary/aromatic N) is 2. The van der Waals surface area contributed by atoms with E-state index in [1.165, 1.54) is 0 Å². The summed E-state index contributed by atoms with van der Waals surface area (Å²) >= 11 is 5.84. The van der Waals surface area contributed by atoms with Gasteiger partial charge in [0.15, 0.2) is 5.96 Å². The van der Waals surface area contributed by atoms with Crippen LogP contribution < -0.4 is 16.0 Å². The molecule has 0 heterocycles. The monoisotopic (exact) mass is 539 g/mol. The van der Waals surface area contributed by atoms with Gasteiger partial charge in [-0.3, -0.25) is 9.79 Å². The lowest BCUT2D eigenvalue weighted by Gasteiger charge is -2.18. The molecule has 1 amide bonds. The van der Waals surface area contributed by atoms with Crippen LogP contribution in [0.25, 0.3) is 0 Å². The lowest BCUT2D eigenvalue weighted by atomic mass is 10.2. The number of benzene rings is 1. The fourth-order valence-corrected chi connectivity index (χ4v) is 2.61. The predicted molar refractivity (Wildman–Crippen MR) is 133 cm³/mol. The van der Waals surface area contributed by atoms with Crippen molar-refractivity contribution in [3.05, 3.63) is 29.3 Å². The molecule has 0 spiro atoms. The van der Waals surface area contributed by atoms with Crippen molar-refractivity contribution in [1.29, 1.82) is 0 Å². The average molecular weight is 540 g/mol. The van der Waals surface area contributed by atoms with Crippen LogP contribution in [-0.2, 0) is 9.53 Å². The molecule has 0 aromatic heterocycles. The van der Waals surface area contributed by atoms with E-state index in [9.17, 15) is 4.79 Å². The van der Waals surface area contributed by atoms with Crippen molar-refractivity contribution in [3.63, 3.8) is 0 Å². The average Bonchev–Trinajstić information content (AvgIpc) is 2.67. The summed E-state index contributed by atoms with van der Waals surface area (Å²) < 4.78 is 5.07. The van der Waals surface area contributed by atoms with E-state index in [1.807, 2.05) is 6.92 Å². The molecule has 1 aromatic carbocycles. The van der Waals surface area contributed by atoms with E-state index >= 15 is 0 Å². The highest BCUT2D eigenvalue weighted by Gasteiger charge is 2.03. The Labute approximate surface area is 197 Å². The zero-order valence-corrected chi connectivity index (χ0v) is 20.8. The zero-order valence-electron chi connectivity index (χ0n) is 17.7. The maximum Gasteiger partial charge on any atom is 0.224 e. The summed E-state index contributed by atoms with van der Waals surface area (Å²) in [7, 11) is 3.82. The number of hydrogen-bond donors (Lipinski definition) is 3. The number of anilines is 1. The number of halogens is 2. The third-order valence-corrected chi connectivity index (χ3v) is 4.23. The predicted octanol–water partition coefficient (Wildman–Crippen LogP) is 3.20. The number of carbonyl (C=O) groups is 1. The van der Waals surface area contributed by atoms with Gasteiger partial charge in [-0.15, -0.1) is 24.0 Å². The van der Waals surface area contributed by atoms with Crippen LogP contribution >= 0.6 is 35.6 Å². The van der Waals surface area contributed by atoms with Gasteiger partial charge in [0.25, 0.3) is 0 Å². The molecule has 1 aromatic rings. The Morgan fingerprint density at radius 3 is 2.55 bits per heavy atom. The molecule has 0 atom stereocenters. The van der Waals surface area contributed by atoms with Gasteiger partial charge in [0, 0.05) is 63.6 Å². The second-order valence-corrected chi connectivity index (χ2v) is 6.93. The Morgan fingerprint density at radius 1 is 1.17 bits per heavy atom. The van der Waals surface area contributed by atoms with Crippen molar-refractivity contribution in [2.45, 2.75) is 26.2 Å². The van der Waals surface area contributed by atoms with E-state index in [-0.39, 0.29) is 29.9 Å². The smallest absolute Gasteiger partial charge is 0.224 e. The molecule has 3 N–H and O–H groups in total. The molecule has 166 valence electrons. The van der Waals surface area contributed by atoms with Crippen LogP contribution in [0.1, 0.15) is 26.2 Å². The first kappa shape index (κ1) is 27.9. The zero-order chi connectivity index (χ0) is 20.6. The second kappa shape index (κ2) is 17.7. The minimum Gasteiger partial charge on any atom is -0.385 e. The van der Waals surface area contributed by atoms with Crippen molar-refractivity contribution < 1.29 is 9.53 Å². The molecule has 1 rings (SSSR count). The van der Waals surface area contributed by atoms with E-state index in [4.69, 9.17) is 16.3 Å². The molecule has 0 saturated heterocycles. The molecular formula is C20H35ClIN5O2. The van der Waals surface area contributed by atoms with E-state index < -0.39 is 0 Å². The third kappa shape index (κ3) is 14.5. The largest absolute Gasteiger partial charge is 0.385 e.